The number of nitrogens with two attached hydrogens (primary N) is 1. The smallest absolute Gasteiger partial charge is 0.304 e. The number of methoxy groups -OCH3 is 1. The zero-order valence-corrected chi connectivity index (χ0v) is 19.3. The number of carbonyl (C=O) groups is 1. The summed E-state index contributed by atoms with van der Waals surface area (Å²) in [6.07, 6.45) is 1.57. The molecule has 32 heavy (non-hydrogen) atoms. The number of halogens is 1. The number of nitrogens with zero attached hydrogens (tertiary/aromatic N) is 5. The van der Waals surface area contributed by atoms with Crippen molar-refractivity contribution in [2.24, 2.45) is 0 Å². The van der Waals surface area contributed by atoms with Gasteiger partial charge >= 0.3 is 5.97 Å². The van der Waals surface area contributed by atoms with E-state index in [0.29, 0.717) is 23.0 Å². The number of aliphatic carboxylic acids is 1. The quantitative estimate of drug-likeness (QED) is 0.554. The number of rotatable bonds is 7. The summed E-state index contributed by atoms with van der Waals surface area (Å²) in [7, 11) is 1.66. The van der Waals surface area contributed by atoms with Crippen LogP contribution >= 0.6 is 11.6 Å². The molecule has 10 heteroatoms. The second kappa shape index (κ2) is 8.55. The maximum atomic E-state index is 10.9. The van der Waals surface area contributed by atoms with Crippen LogP contribution in [0, 0.1) is 13.8 Å². The normalized spacial score (nSPS) is 15.7. The Hall–Kier alpha value is -2.91. The van der Waals surface area contributed by atoms with Crippen LogP contribution in [0.1, 0.15) is 47.7 Å². The standard InChI is InChI=1S/C22H27ClN6O3/c1-11-16(23)7-15(13(3)29-22-19(12(2)27-29)21(24)25-10-26-22)20(32-4)18(11)14-8-28(9-14)6-5-17(30)31/h7,10,13-14H,5-6,8-9H2,1-4H3,(H,30,31)(H2,24,25,26). The molecular weight excluding hydrogens is 432 g/mol. The molecular formula is C22H27ClN6O3. The first kappa shape index (κ1) is 22.3. The van der Waals surface area contributed by atoms with E-state index in [9.17, 15) is 4.79 Å². The maximum absolute atomic E-state index is 10.9. The minimum absolute atomic E-state index is 0.136. The van der Waals surface area contributed by atoms with Crippen LogP contribution < -0.4 is 10.5 Å². The Morgan fingerprint density at radius 1 is 1.38 bits per heavy atom. The molecule has 1 saturated heterocycles. The van der Waals surface area contributed by atoms with Gasteiger partial charge in [0, 0.05) is 41.7 Å². The Bertz CT molecular complexity index is 1190. The lowest BCUT2D eigenvalue weighted by Crippen LogP contribution is -2.46. The van der Waals surface area contributed by atoms with Gasteiger partial charge in [0.25, 0.3) is 0 Å². The zero-order valence-electron chi connectivity index (χ0n) is 18.6. The first-order chi connectivity index (χ1) is 15.2. The largest absolute Gasteiger partial charge is 0.496 e. The summed E-state index contributed by atoms with van der Waals surface area (Å²) in [5, 5.41) is 15.0. The van der Waals surface area contributed by atoms with E-state index in [1.165, 1.54) is 6.33 Å². The van der Waals surface area contributed by atoms with E-state index in [4.69, 9.17) is 27.2 Å². The van der Waals surface area contributed by atoms with E-state index in [-0.39, 0.29) is 18.4 Å². The fourth-order valence-electron chi connectivity index (χ4n) is 4.55. The minimum atomic E-state index is -0.785. The van der Waals surface area contributed by atoms with Crippen LogP contribution in [-0.2, 0) is 4.79 Å². The third-order valence-electron chi connectivity index (χ3n) is 6.27. The number of ether oxygens (including phenoxy) is 1. The molecule has 1 atom stereocenters. The number of nitrogen functional groups attached to an aromatic ring is 1. The Balaban J connectivity index is 1.73. The highest BCUT2D eigenvalue weighted by atomic mass is 35.5. The number of hydrogen-bond acceptors (Lipinski definition) is 7. The number of aryl methyl sites for hydroxylation is 1. The first-order valence-electron chi connectivity index (χ1n) is 10.5. The molecule has 0 amide bonds. The van der Waals surface area contributed by atoms with E-state index < -0.39 is 5.97 Å². The van der Waals surface area contributed by atoms with Crippen LogP contribution in [0.3, 0.4) is 0 Å². The Kier molecular flexibility index (Phi) is 5.96. The van der Waals surface area contributed by atoms with Crippen molar-refractivity contribution in [2.45, 2.75) is 39.2 Å². The van der Waals surface area contributed by atoms with Gasteiger partial charge in [-0.1, -0.05) is 11.6 Å². The van der Waals surface area contributed by atoms with Gasteiger partial charge in [0.15, 0.2) is 5.65 Å². The van der Waals surface area contributed by atoms with Gasteiger partial charge in [-0.3, -0.25) is 4.79 Å². The van der Waals surface area contributed by atoms with Crippen molar-refractivity contribution in [3.63, 3.8) is 0 Å². The summed E-state index contributed by atoms with van der Waals surface area (Å²) < 4.78 is 7.75. The first-order valence-corrected chi connectivity index (χ1v) is 10.9. The molecule has 2 aromatic heterocycles. The van der Waals surface area contributed by atoms with Crippen LogP contribution in [0.2, 0.25) is 5.02 Å². The van der Waals surface area contributed by atoms with Crippen LogP contribution in [0.4, 0.5) is 5.82 Å². The number of hydrogen-bond donors (Lipinski definition) is 2. The summed E-state index contributed by atoms with van der Waals surface area (Å²) in [5.41, 5.74) is 10.4. The molecule has 1 aliphatic heterocycles. The van der Waals surface area contributed by atoms with E-state index in [0.717, 1.165) is 46.6 Å². The molecule has 0 saturated carbocycles. The van der Waals surface area contributed by atoms with E-state index in [2.05, 4.69) is 20.0 Å². The fourth-order valence-corrected chi connectivity index (χ4v) is 4.77. The summed E-state index contributed by atoms with van der Waals surface area (Å²) in [6.45, 7) is 7.98. The Morgan fingerprint density at radius 3 is 2.75 bits per heavy atom. The lowest BCUT2D eigenvalue weighted by atomic mass is 9.85. The van der Waals surface area contributed by atoms with E-state index in [1.54, 1.807) is 7.11 Å². The fraction of sp³-hybridized carbons (Fsp3) is 0.455. The van der Waals surface area contributed by atoms with Gasteiger partial charge < -0.3 is 20.5 Å². The summed E-state index contributed by atoms with van der Waals surface area (Å²) >= 11 is 6.67. The molecule has 0 bridgehead atoms. The second-order valence-electron chi connectivity index (χ2n) is 8.28. The van der Waals surface area contributed by atoms with Gasteiger partial charge in [0.1, 0.15) is 17.9 Å². The van der Waals surface area contributed by atoms with E-state index >= 15 is 0 Å². The molecule has 1 aromatic carbocycles. The van der Waals surface area contributed by atoms with Gasteiger partial charge in [-0.2, -0.15) is 5.10 Å². The number of carboxylic acid groups (broad SMARTS) is 1. The molecule has 3 aromatic rings. The van der Waals surface area contributed by atoms with Gasteiger partial charge in [0.2, 0.25) is 0 Å². The highest BCUT2D eigenvalue weighted by Gasteiger charge is 2.34. The molecule has 0 aliphatic carbocycles. The van der Waals surface area contributed by atoms with Gasteiger partial charge in [-0.15, -0.1) is 0 Å². The summed E-state index contributed by atoms with van der Waals surface area (Å²) in [5.74, 6) is 0.617. The maximum Gasteiger partial charge on any atom is 0.304 e. The van der Waals surface area contributed by atoms with Crippen LogP contribution in [0.15, 0.2) is 12.4 Å². The monoisotopic (exact) mass is 458 g/mol. The number of aromatic nitrogens is 4. The molecule has 1 aliphatic rings. The third-order valence-corrected chi connectivity index (χ3v) is 6.67. The van der Waals surface area contributed by atoms with Crippen LogP contribution in [0.5, 0.6) is 5.75 Å². The van der Waals surface area contributed by atoms with Gasteiger partial charge in [-0.25, -0.2) is 14.6 Å². The predicted molar refractivity (Wildman–Crippen MR) is 122 cm³/mol. The number of benzene rings is 1. The van der Waals surface area contributed by atoms with Crippen molar-refractivity contribution in [3.8, 4) is 5.75 Å². The van der Waals surface area contributed by atoms with Gasteiger partial charge in [-0.05, 0) is 32.4 Å². The average molecular weight is 459 g/mol. The highest BCUT2D eigenvalue weighted by Crippen LogP contribution is 2.44. The molecule has 0 radical (unpaired) electrons. The van der Waals surface area contributed by atoms with Crippen molar-refractivity contribution in [1.29, 1.82) is 0 Å². The third kappa shape index (κ3) is 3.75. The van der Waals surface area contributed by atoms with Crippen molar-refractivity contribution in [3.05, 3.63) is 39.8 Å². The number of anilines is 1. The Morgan fingerprint density at radius 2 is 2.09 bits per heavy atom. The summed E-state index contributed by atoms with van der Waals surface area (Å²) in [4.78, 5) is 21.5. The lowest BCUT2D eigenvalue weighted by Gasteiger charge is -2.41. The van der Waals surface area contributed by atoms with Crippen molar-refractivity contribution in [1.82, 2.24) is 24.6 Å². The van der Waals surface area contributed by atoms with Crippen LogP contribution in [-0.4, -0.2) is 62.5 Å². The molecule has 9 nitrogen and oxygen atoms in total. The molecule has 4 rings (SSSR count). The predicted octanol–water partition coefficient (Wildman–Crippen LogP) is 3.17. The molecule has 3 N–H and O–H groups in total. The summed E-state index contributed by atoms with van der Waals surface area (Å²) in [6, 6.07) is 1.72. The van der Waals surface area contributed by atoms with Crippen molar-refractivity contribution < 1.29 is 14.6 Å². The number of likely N-dealkylation sites (tertiary alicyclic amines) is 1. The lowest BCUT2D eigenvalue weighted by molar-refractivity contribution is -0.137. The van der Waals surface area contributed by atoms with Crippen LogP contribution in [0.25, 0.3) is 11.0 Å². The van der Waals surface area contributed by atoms with E-state index in [1.807, 2.05) is 31.5 Å². The minimum Gasteiger partial charge on any atom is -0.496 e. The topological polar surface area (TPSA) is 119 Å². The van der Waals surface area contributed by atoms with Gasteiger partial charge in [0.05, 0.1) is 30.7 Å². The number of fused-ring (bicyclic) bond motifs is 1. The Labute approximate surface area is 191 Å². The molecule has 1 unspecified atom stereocenters. The average Bonchev–Trinajstić information content (AvgIpc) is 3.06. The molecule has 1 fully saturated rings. The highest BCUT2D eigenvalue weighted by molar-refractivity contribution is 6.31. The van der Waals surface area contributed by atoms with Crippen molar-refractivity contribution >= 4 is 34.4 Å². The van der Waals surface area contributed by atoms with Crippen molar-refractivity contribution in [2.75, 3.05) is 32.5 Å². The number of carboxylic acids is 1. The molecule has 3 heterocycles. The second-order valence-corrected chi connectivity index (χ2v) is 8.69. The SMILES string of the molecule is COc1c(C(C)n2nc(C)c3c(N)ncnc32)cc(Cl)c(C)c1C1CN(CCC(=O)O)C1. The molecule has 0 spiro atoms. The zero-order chi connectivity index (χ0) is 23.2. The molecule has 170 valence electrons.